The average molecular weight is 300 g/mol. The van der Waals surface area contributed by atoms with E-state index in [9.17, 15) is 13.2 Å². The van der Waals surface area contributed by atoms with E-state index < -0.39 is 23.5 Å². The van der Waals surface area contributed by atoms with Crippen LogP contribution >= 0.6 is 11.6 Å². The summed E-state index contributed by atoms with van der Waals surface area (Å²) in [7, 11) is 1.63. The summed E-state index contributed by atoms with van der Waals surface area (Å²) in [5, 5.41) is 3.29. The third kappa shape index (κ3) is 3.14. The highest BCUT2D eigenvalue weighted by molar-refractivity contribution is 6.31. The monoisotopic (exact) mass is 299 g/mol. The van der Waals surface area contributed by atoms with E-state index in [2.05, 4.69) is 5.32 Å². The molecule has 0 bridgehead atoms. The van der Waals surface area contributed by atoms with Crippen molar-refractivity contribution in [2.75, 3.05) is 7.05 Å². The molecule has 0 aliphatic carbocycles. The number of hydrogen-bond acceptors (Lipinski definition) is 1. The first-order valence-corrected chi connectivity index (χ1v) is 6.46. The molecule has 0 fully saturated rings. The Morgan fingerprint density at radius 3 is 2.60 bits per heavy atom. The number of rotatable bonds is 4. The molecule has 1 unspecified atom stereocenters. The van der Waals surface area contributed by atoms with Gasteiger partial charge in [-0.1, -0.05) is 23.7 Å². The zero-order valence-electron chi connectivity index (χ0n) is 10.8. The van der Waals surface area contributed by atoms with Gasteiger partial charge in [0.1, 0.15) is 5.82 Å². The quantitative estimate of drug-likeness (QED) is 0.889. The predicted octanol–water partition coefficient (Wildman–Crippen LogP) is 4.26. The molecule has 0 aliphatic heterocycles. The third-order valence-corrected chi connectivity index (χ3v) is 3.51. The van der Waals surface area contributed by atoms with Crippen LogP contribution in [0.3, 0.4) is 0 Å². The van der Waals surface area contributed by atoms with E-state index in [1.54, 1.807) is 7.05 Å². The summed E-state index contributed by atoms with van der Waals surface area (Å²) in [5.74, 6) is -2.23. The maximum Gasteiger partial charge on any atom is 0.163 e. The van der Waals surface area contributed by atoms with Crippen LogP contribution < -0.4 is 5.32 Å². The van der Waals surface area contributed by atoms with Crippen molar-refractivity contribution in [2.45, 2.75) is 12.5 Å². The lowest BCUT2D eigenvalue weighted by molar-refractivity contribution is 0.473. The van der Waals surface area contributed by atoms with Gasteiger partial charge in [0.15, 0.2) is 11.6 Å². The Morgan fingerprint density at radius 1 is 1.15 bits per heavy atom. The second-order valence-electron chi connectivity index (χ2n) is 4.42. The Balaban J connectivity index is 2.34. The van der Waals surface area contributed by atoms with Gasteiger partial charge in [0, 0.05) is 16.6 Å². The minimum atomic E-state index is -0.909. The number of hydrogen-bond donors (Lipinski definition) is 1. The van der Waals surface area contributed by atoms with Crippen LogP contribution in [0.15, 0.2) is 36.4 Å². The standard InChI is InChI=1S/C15H13ClF3N/c1-20-14(11-3-2-4-13(18)15(11)19)8-9-7-10(17)5-6-12(9)16/h2-7,14,20H,8H2,1H3. The largest absolute Gasteiger partial charge is 0.313 e. The highest BCUT2D eigenvalue weighted by Gasteiger charge is 2.18. The van der Waals surface area contributed by atoms with E-state index in [1.807, 2.05) is 0 Å². The number of benzene rings is 2. The molecule has 0 heterocycles. The predicted molar refractivity (Wildman–Crippen MR) is 73.3 cm³/mol. The lowest BCUT2D eigenvalue weighted by atomic mass is 9.98. The van der Waals surface area contributed by atoms with E-state index >= 15 is 0 Å². The van der Waals surface area contributed by atoms with E-state index in [4.69, 9.17) is 11.6 Å². The number of likely N-dealkylation sites (N-methyl/N-ethyl adjacent to an activating group) is 1. The van der Waals surface area contributed by atoms with Crippen molar-refractivity contribution >= 4 is 11.6 Å². The first-order chi connectivity index (χ1) is 9.52. The molecule has 2 rings (SSSR count). The maximum absolute atomic E-state index is 13.8. The molecule has 1 atom stereocenters. The fourth-order valence-electron chi connectivity index (χ4n) is 2.08. The molecule has 1 N–H and O–H groups in total. The average Bonchev–Trinajstić information content (AvgIpc) is 2.43. The van der Waals surface area contributed by atoms with Gasteiger partial charge in [-0.2, -0.15) is 0 Å². The fourth-order valence-corrected chi connectivity index (χ4v) is 2.27. The van der Waals surface area contributed by atoms with E-state index in [1.165, 1.54) is 30.3 Å². The summed E-state index contributed by atoms with van der Waals surface area (Å²) in [5.41, 5.74) is 0.725. The Kier molecular flexibility index (Phi) is 4.68. The second-order valence-corrected chi connectivity index (χ2v) is 4.83. The fraction of sp³-hybridized carbons (Fsp3) is 0.200. The lowest BCUT2D eigenvalue weighted by Crippen LogP contribution is -2.20. The van der Waals surface area contributed by atoms with Gasteiger partial charge >= 0.3 is 0 Å². The summed E-state index contributed by atoms with van der Waals surface area (Å²) < 4.78 is 40.3. The summed E-state index contributed by atoms with van der Waals surface area (Å²) in [6.07, 6.45) is 0.257. The molecule has 2 aromatic carbocycles. The van der Waals surface area contributed by atoms with Crippen LogP contribution in [0.1, 0.15) is 17.2 Å². The van der Waals surface area contributed by atoms with Crippen molar-refractivity contribution in [1.82, 2.24) is 5.32 Å². The van der Waals surface area contributed by atoms with Crippen molar-refractivity contribution < 1.29 is 13.2 Å². The zero-order valence-corrected chi connectivity index (χ0v) is 11.5. The molecule has 1 nitrogen and oxygen atoms in total. The van der Waals surface area contributed by atoms with Crippen LogP contribution in [0.5, 0.6) is 0 Å². The molecular formula is C15H13ClF3N. The smallest absolute Gasteiger partial charge is 0.163 e. The maximum atomic E-state index is 13.8. The van der Waals surface area contributed by atoms with Crippen molar-refractivity contribution in [3.63, 3.8) is 0 Å². The minimum absolute atomic E-state index is 0.188. The third-order valence-electron chi connectivity index (χ3n) is 3.14. The summed E-state index contributed by atoms with van der Waals surface area (Å²) in [6.45, 7) is 0. The van der Waals surface area contributed by atoms with Crippen molar-refractivity contribution in [3.05, 3.63) is 70.0 Å². The van der Waals surface area contributed by atoms with E-state index in [0.717, 1.165) is 6.07 Å². The Labute approximate surface area is 120 Å². The molecular weight excluding hydrogens is 287 g/mol. The molecule has 0 saturated carbocycles. The molecule has 0 saturated heterocycles. The molecule has 0 spiro atoms. The van der Waals surface area contributed by atoms with Gasteiger partial charge in [-0.3, -0.25) is 0 Å². The van der Waals surface area contributed by atoms with Crippen molar-refractivity contribution in [1.29, 1.82) is 0 Å². The molecule has 5 heteroatoms. The highest BCUT2D eigenvalue weighted by Crippen LogP contribution is 2.26. The first-order valence-electron chi connectivity index (χ1n) is 6.08. The SMILES string of the molecule is CNC(Cc1cc(F)ccc1Cl)c1cccc(F)c1F. The van der Waals surface area contributed by atoms with Crippen LogP contribution in [0.2, 0.25) is 5.02 Å². The van der Waals surface area contributed by atoms with E-state index in [0.29, 0.717) is 10.6 Å². The molecule has 2 aromatic rings. The van der Waals surface area contributed by atoms with Crippen LogP contribution in [0, 0.1) is 17.5 Å². The molecule has 0 aliphatic rings. The molecule has 20 heavy (non-hydrogen) atoms. The van der Waals surface area contributed by atoms with Gasteiger partial charge in [-0.05, 0) is 43.3 Å². The minimum Gasteiger partial charge on any atom is -0.313 e. The van der Waals surface area contributed by atoms with Crippen molar-refractivity contribution in [3.8, 4) is 0 Å². The second kappa shape index (κ2) is 6.29. The number of halogens is 4. The van der Waals surface area contributed by atoms with Gasteiger partial charge in [0.2, 0.25) is 0 Å². The Morgan fingerprint density at radius 2 is 1.90 bits per heavy atom. The van der Waals surface area contributed by atoms with Crippen LogP contribution in [-0.4, -0.2) is 7.05 Å². The molecule has 0 aromatic heterocycles. The normalized spacial score (nSPS) is 12.4. The Bertz CT molecular complexity index is 616. The molecule has 106 valence electrons. The zero-order chi connectivity index (χ0) is 14.7. The van der Waals surface area contributed by atoms with Crippen LogP contribution in [0.25, 0.3) is 0 Å². The van der Waals surface area contributed by atoms with Crippen LogP contribution in [-0.2, 0) is 6.42 Å². The topological polar surface area (TPSA) is 12.0 Å². The summed E-state index contributed by atoms with van der Waals surface area (Å²) in [4.78, 5) is 0. The highest BCUT2D eigenvalue weighted by atomic mass is 35.5. The van der Waals surface area contributed by atoms with Gasteiger partial charge in [-0.15, -0.1) is 0 Å². The van der Waals surface area contributed by atoms with Crippen molar-refractivity contribution in [2.24, 2.45) is 0 Å². The van der Waals surface area contributed by atoms with Gasteiger partial charge < -0.3 is 5.32 Å². The molecule has 0 amide bonds. The van der Waals surface area contributed by atoms with E-state index in [-0.39, 0.29) is 12.0 Å². The van der Waals surface area contributed by atoms with Gasteiger partial charge in [0.05, 0.1) is 0 Å². The summed E-state index contributed by atoms with van der Waals surface area (Å²) in [6, 6.07) is 7.48. The Hall–Kier alpha value is -1.52. The first kappa shape index (κ1) is 14.9. The molecule has 0 radical (unpaired) electrons. The van der Waals surface area contributed by atoms with Crippen LogP contribution in [0.4, 0.5) is 13.2 Å². The lowest BCUT2D eigenvalue weighted by Gasteiger charge is -2.18. The van der Waals surface area contributed by atoms with Gasteiger partial charge in [0.25, 0.3) is 0 Å². The summed E-state index contributed by atoms with van der Waals surface area (Å²) >= 11 is 5.99. The number of nitrogens with one attached hydrogen (secondary N) is 1. The van der Waals surface area contributed by atoms with Gasteiger partial charge in [-0.25, -0.2) is 13.2 Å².